The highest BCUT2D eigenvalue weighted by atomic mass is 19.1. The van der Waals surface area contributed by atoms with E-state index in [1.165, 1.54) is 25.9 Å². The Balaban J connectivity index is 1.33. The van der Waals surface area contributed by atoms with Gasteiger partial charge in [-0.25, -0.2) is 9.37 Å². The number of nitrogens with zero attached hydrogens (tertiary/aromatic N) is 6. The molecule has 226 valence electrons. The predicted molar refractivity (Wildman–Crippen MR) is 175 cm³/mol. The van der Waals surface area contributed by atoms with E-state index in [0.29, 0.717) is 28.1 Å². The number of aryl methyl sites for hydroxylation is 1. The standard InChI is InChI=1S/C35H39FN8/c1-5-26(28-16-25(20-37-21-28)22-43(3)4)19-30-23(2)41-42-33(30)35-39-31-10-11-38-32(34(31)40-35)27-15-24(17-29(36)18-27)9-8-14-44-12-6-7-13-44/h5,10-11,15-21,41H,2,6-9,12-14,22H2,1,3-4H3,(H,39,40)/b26-5+,30-19+. The quantitative estimate of drug-likeness (QED) is 0.240. The molecule has 5 aromatic rings. The zero-order chi connectivity index (χ0) is 30.6. The van der Waals surface area contributed by atoms with Gasteiger partial charge in [-0.05, 0) is 119 Å². The van der Waals surface area contributed by atoms with E-state index < -0.39 is 0 Å². The van der Waals surface area contributed by atoms with Crippen LogP contribution in [0.5, 0.6) is 0 Å². The summed E-state index contributed by atoms with van der Waals surface area (Å²) in [4.78, 5) is 22.1. The van der Waals surface area contributed by atoms with Gasteiger partial charge in [0.05, 0.1) is 16.6 Å². The van der Waals surface area contributed by atoms with Gasteiger partial charge in [0.15, 0.2) is 5.82 Å². The minimum absolute atomic E-state index is 0.262. The van der Waals surface area contributed by atoms with E-state index in [4.69, 9.17) is 4.98 Å². The molecule has 0 amide bonds. The fourth-order valence-electron chi connectivity index (χ4n) is 6.01. The van der Waals surface area contributed by atoms with Crippen LogP contribution in [0.25, 0.3) is 52.0 Å². The largest absolute Gasteiger partial charge is 0.336 e. The first-order chi connectivity index (χ1) is 21.4. The Bertz CT molecular complexity index is 1910. The molecule has 1 aromatic carbocycles. The third kappa shape index (κ3) is 6.54. The molecule has 44 heavy (non-hydrogen) atoms. The molecule has 0 atom stereocenters. The summed E-state index contributed by atoms with van der Waals surface area (Å²) in [5.74, 6) is 0.325. The third-order valence-electron chi connectivity index (χ3n) is 8.12. The van der Waals surface area contributed by atoms with E-state index in [2.05, 4.69) is 59.7 Å². The first kappa shape index (κ1) is 29.6. The van der Waals surface area contributed by atoms with Crippen LogP contribution < -0.4 is 10.6 Å². The normalized spacial score (nSPS) is 14.8. The molecule has 6 rings (SSSR count). The summed E-state index contributed by atoms with van der Waals surface area (Å²) in [7, 11) is 4.08. The van der Waals surface area contributed by atoms with Gasteiger partial charge in [-0.15, -0.1) is 0 Å². The van der Waals surface area contributed by atoms with Gasteiger partial charge in [0.25, 0.3) is 0 Å². The van der Waals surface area contributed by atoms with Gasteiger partial charge >= 0.3 is 0 Å². The van der Waals surface area contributed by atoms with Crippen LogP contribution in [-0.2, 0) is 13.0 Å². The first-order valence-electron chi connectivity index (χ1n) is 15.3. The SMILES string of the molecule is C=c1[nH]nc(-c2nc3c(-c4cc(F)cc(CCCN5CCCC5)c4)nccc3[nH]2)/c1=C/C(=C\C)c1cncc(CN(C)C)c1. The Morgan fingerprint density at radius 2 is 1.93 bits per heavy atom. The first-order valence-corrected chi connectivity index (χ1v) is 15.3. The van der Waals surface area contributed by atoms with Gasteiger partial charge in [0.1, 0.15) is 17.0 Å². The van der Waals surface area contributed by atoms with Gasteiger partial charge in [0.2, 0.25) is 0 Å². The minimum atomic E-state index is -0.262. The van der Waals surface area contributed by atoms with Crippen LogP contribution in [0.1, 0.15) is 42.9 Å². The molecular formula is C35H39FN8. The van der Waals surface area contributed by atoms with Crippen molar-refractivity contribution < 1.29 is 4.39 Å². The van der Waals surface area contributed by atoms with Crippen LogP contribution >= 0.6 is 0 Å². The Hall–Kier alpha value is -4.47. The van der Waals surface area contributed by atoms with E-state index >= 15 is 0 Å². The highest BCUT2D eigenvalue weighted by molar-refractivity contribution is 5.92. The summed E-state index contributed by atoms with van der Waals surface area (Å²) in [6.45, 7) is 10.4. The maximum Gasteiger partial charge on any atom is 0.159 e. The molecule has 1 fully saturated rings. The molecule has 1 aliphatic rings. The Kier molecular flexibility index (Phi) is 8.77. The number of pyridine rings is 2. The number of halogens is 1. The van der Waals surface area contributed by atoms with Gasteiger partial charge < -0.3 is 14.8 Å². The molecule has 9 heteroatoms. The maximum absolute atomic E-state index is 14.8. The fraction of sp³-hybridized carbons (Fsp3) is 0.314. The summed E-state index contributed by atoms with van der Waals surface area (Å²) in [5.41, 5.74) is 7.60. The topological polar surface area (TPSA) is 89.6 Å². The van der Waals surface area contributed by atoms with Crippen molar-refractivity contribution in [3.05, 3.63) is 88.1 Å². The number of hydrogen-bond acceptors (Lipinski definition) is 6. The third-order valence-corrected chi connectivity index (χ3v) is 8.12. The lowest BCUT2D eigenvalue weighted by molar-refractivity contribution is 0.334. The molecular weight excluding hydrogens is 551 g/mol. The number of aromatic nitrogens is 6. The average molecular weight is 591 g/mol. The van der Waals surface area contributed by atoms with Crippen molar-refractivity contribution >= 4 is 29.3 Å². The number of likely N-dealkylation sites (tertiary alicyclic amines) is 1. The van der Waals surface area contributed by atoms with E-state index in [9.17, 15) is 4.39 Å². The average Bonchev–Trinajstić information content (AvgIpc) is 3.75. The van der Waals surface area contributed by atoms with Gasteiger partial charge in [0, 0.05) is 41.5 Å². The van der Waals surface area contributed by atoms with Gasteiger partial charge in [-0.3, -0.25) is 15.1 Å². The monoisotopic (exact) mass is 590 g/mol. The molecule has 0 aliphatic carbocycles. The minimum Gasteiger partial charge on any atom is -0.336 e. The summed E-state index contributed by atoms with van der Waals surface area (Å²) < 4.78 is 14.8. The number of rotatable bonds is 10. The van der Waals surface area contributed by atoms with Crippen LogP contribution in [0.15, 0.2) is 55.0 Å². The second kappa shape index (κ2) is 13.0. The molecule has 2 N–H and O–H groups in total. The fourth-order valence-corrected chi connectivity index (χ4v) is 6.01. The smallest absolute Gasteiger partial charge is 0.159 e. The second-order valence-electron chi connectivity index (χ2n) is 11.8. The molecule has 4 aromatic heterocycles. The highest BCUT2D eigenvalue weighted by Gasteiger charge is 2.17. The molecule has 0 saturated carbocycles. The van der Waals surface area contributed by atoms with E-state index in [0.717, 1.165) is 64.5 Å². The second-order valence-corrected chi connectivity index (χ2v) is 11.8. The lowest BCUT2D eigenvalue weighted by Crippen LogP contribution is -2.22. The van der Waals surface area contributed by atoms with Crippen molar-refractivity contribution in [3.63, 3.8) is 0 Å². The van der Waals surface area contributed by atoms with E-state index in [1.54, 1.807) is 18.3 Å². The number of benzene rings is 1. The van der Waals surface area contributed by atoms with Crippen LogP contribution in [-0.4, -0.2) is 73.7 Å². The Morgan fingerprint density at radius 3 is 2.73 bits per heavy atom. The number of imidazole rings is 1. The van der Waals surface area contributed by atoms with Crippen molar-refractivity contribution in [3.8, 4) is 22.8 Å². The molecule has 1 saturated heterocycles. The molecule has 1 aliphatic heterocycles. The number of H-pyrrole nitrogens is 2. The van der Waals surface area contributed by atoms with Crippen LogP contribution in [0, 0.1) is 5.82 Å². The molecule has 8 nitrogen and oxygen atoms in total. The summed E-state index contributed by atoms with van der Waals surface area (Å²) in [5, 5.41) is 9.11. The number of aromatic amines is 2. The Labute approximate surface area is 257 Å². The van der Waals surface area contributed by atoms with E-state index in [-0.39, 0.29) is 5.82 Å². The van der Waals surface area contributed by atoms with Gasteiger partial charge in [-0.2, -0.15) is 5.10 Å². The lowest BCUT2D eigenvalue weighted by Gasteiger charge is -2.14. The van der Waals surface area contributed by atoms with Crippen LogP contribution in [0.2, 0.25) is 0 Å². The van der Waals surface area contributed by atoms with Gasteiger partial charge in [-0.1, -0.05) is 12.7 Å². The molecule has 0 bridgehead atoms. The predicted octanol–water partition coefficient (Wildman–Crippen LogP) is 4.93. The van der Waals surface area contributed by atoms with E-state index in [1.807, 2.05) is 45.5 Å². The summed E-state index contributed by atoms with van der Waals surface area (Å²) in [6, 6.07) is 9.25. The number of hydrogen-bond donors (Lipinski definition) is 2. The van der Waals surface area contributed by atoms with Crippen molar-refractivity contribution in [2.24, 2.45) is 0 Å². The highest BCUT2D eigenvalue weighted by Crippen LogP contribution is 2.29. The maximum atomic E-state index is 14.8. The molecule has 0 spiro atoms. The molecule has 0 unspecified atom stereocenters. The Morgan fingerprint density at radius 1 is 1.09 bits per heavy atom. The van der Waals surface area contributed by atoms with Crippen molar-refractivity contribution in [1.29, 1.82) is 0 Å². The number of fused-ring (bicyclic) bond motifs is 1. The summed E-state index contributed by atoms with van der Waals surface area (Å²) in [6.07, 6.45) is 14.0. The zero-order valence-corrected chi connectivity index (χ0v) is 25.7. The number of nitrogens with one attached hydrogen (secondary N) is 2. The van der Waals surface area contributed by atoms with Crippen molar-refractivity contribution in [1.82, 2.24) is 39.9 Å². The molecule has 0 radical (unpaired) electrons. The zero-order valence-electron chi connectivity index (χ0n) is 25.7. The van der Waals surface area contributed by atoms with Crippen molar-refractivity contribution in [2.75, 3.05) is 33.7 Å². The molecule has 5 heterocycles. The van der Waals surface area contributed by atoms with Crippen LogP contribution in [0.4, 0.5) is 4.39 Å². The van der Waals surface area contributed by atoms with Crippen molar-refractivity contribution in [2.45, 2.75) is 39.2 Å². The van der Waals surface area contributed by atoms with Crippen LogP contribution in [0.3, 0.4) is 0 Å². The number of allylic oxidation sites excluding steroid dienone is 2. The lowest BCUT2D eigenvalue weighted by atomic mass is 10.0. The summed E-state index contributed by atoms with van der Waals surface area (Å²) >= 11 is 0.